The molecule has 1 unspecified atom stereocenters. The van der Waals surface area contributed by atoms with E-state index in [4.69, 9.17) is 10.6 Å². The zero-order chi connectivity index (χ0) is 9.52. The molecule has 3 nitrogen and oxygen atoms in total. The molecule has 0 aliphatic heterocycles. The maximum absolute atomic E-state index is 5.56. The van der Waals surface area contributed by atoms with Crippen molar-refractivity contribution in [3.05, 3.63) is 35.9 Å². The minimum Gasteiger partial charge on any atom is -0.329 e. The van der Waals surface area contributed by atoms with Crippen LogP contribution in [0.1, 0.15) is 13.0 Å². The van der Waals surface area contributed by atoms with E-state index < -0.39 is 0 Å². The van der Waals surface area contributed by atoms with Crippen LogP contribution in [-0.2, 0) is 11.3 Å². The third-order valence-corrected chi connectivity index (χ3v) is 1.89. The molecule has 3 heteroatoms. The van der Waals surface area contributed by atoms with Crippen molar-refractivity contribution in [2.45, 2.75) is 19.9 Å². The number of hydrogen-bond donors (Lipinski definition) is 2. The topological polar surface area (TPSA) is 47.3 Å². The van der Waals surface area contributed by atoms with Crippen molar-refractivity contribution in [1.29, 1.82) is 0 Å². The maximum atomic E-state index is 5.56. The van der Waals surface area contributed by atoms with Crippen LogP contribution in [0.15, 0.2) is 30.3 Å². The number of nitrogens with two attached hydrogens (primary N) is 1. The highest BCUT2D eigenvalue weighted by molar-refractivity contribution is 5.15. The van der Waals surface area contributed by atoms with E-state index in [1.807, 2.05) is 18.2 Å². The first kappa shape index (κ1) is 13.1. The van der Waals surface area contributed by atoms with E-state index in [1.165, 1.54) is 5.56 Å². The van der Waals surface area contributed by atoms with Gasteiger partial charge < -0.3 is 10.6 Å². The van der Waals surface area contributed by atoms with Crippen LogP contribution in [0.25, 0.3) is 0 Å². The lowest BCUT2D eigenvalue weighted by Gasteiger charge is -2.14. The Hall–Kier alpha value is -0.900. The predicted molar refractivity (Wildman–Crippen MR) is 59.9 cm³/mol. The molecule has 1 atom stereocenters. The normalized spacial score (nSPS) is 11.9. The molecule has 1 aromatic carbocycles. The molecule has 14 heavy (non-hydrogen) atoms. The minimum absolute atomic E-state index is 0. The number of hydrogen-bond acceptors (Lipinski definition) is 3. The molecular weight excluding hydrogens is 176 g/mol. The third-order valence-electron chi connectivity index (χ3n) is 1.89. The second-order valence-corrected chi connectivity index (χ2v) is 2.94. The first-order chi connectivity index (χ1) is 6.36. The molecule has 1 aromatic rings. The molecule has 0 aliphatic carbocycles. The van der Waals surface area contributed by atoms with Crippen molar-refractivity contribution in [3.8, 4) is 0 Å². The van der Waals surface area contributed by atoms with Gasteiger partial charge in [-0.25, -0.2) is 0 Å². The van der Waals surface area contributed by atoms with Gasteiger partial charge in [-0.1, -0.05) is 37.8 Å². The summed E-state index contributed by atoms with van der Waals surface area (Å²) in [5, 5.41) is 0. The largest absolute Gasteiger partial charge is 0.329 e. The first-order valence-corrected chi connectivity index (χ1v) is 4.39. The Bertz CT molecular complexity index is 226. The van der Waals surface area contributed by atoms with E-state index in [0.717, 1.165) is 6.42 Å². The van der Waals surface area contributed by atoms with Gasteiger partial charge in [0.25, 0.3) is 0 Å². The fourth-order valence-electron chi connectivity index (χ4n) is 1.24. The van der Waals surface area contributed by atoms with Crippen LogP contribution in [0.2, 0.25) is 0 Å². The summed E-state index contributed by atoms with van der Waals surface area (Å²) in [5.74, 6) is 0. The number of rotatable bonds is 5. The molecule has 0 bridgehead atoms. The second kappa shape index (κ2) is 7.50. The lowest BCUT2D eigenvalue weighted by atomic mass is 10.1. The van der Waals surface area contributed by atoms with E-state index in [2.05, 4.69) is 17.6 Å². The molecule has 0 heterocycles. The van der Waals surface area contributed by atoms with Gasteiger partial charge in [0.15, 0.2) is 0 Å². The van der Waals surface area contributed by atoms with Gasteiger partial charge in [0.05, 0.1) is 7.11 Å². The van der Waals surface area contributed by atoms with Gasteiger partial charge in [0.2, 0.25) is 0 Å². The van der Waals surface area contributed by atoms with Crippen LogP contribution in [0, 0.1) is 0 Å². The van der Waals surface area contributed by atoms with Crippen molar-refractivity contribution in [3.63, 3.8) is 0 Å². The van der Waals surface area contributed by atoms with Crippen LogP contribution >= 0.6 is 0 Å². The monoisotopic (exact) mass is 196 g/mol. The molecular formula is C11H20N2O. The minimum atomic E-state index is 0. The molecule has 80 valence electrons. The van der Waals surface area contributed by atoms with Gasteiger partial charge in [-0.2, -0.15) is 5.48 Å². The number of benzene rings is 1. The van der Waals surface area contributed by atoms with Crippen molar-refractivity contribution in [2.24, 2.45) is 5.73 Å². The van der Waals surface area contributed by atoms with E-state index in [9.17, 15) is 0 Å². The molecule has 0 spiro atoms. The summed E-state index contributed by atoms with van der Waals surface area (Å²) < 4.78 is 0. The third kappa shape index (κ3) is 4.37. The van der Waals surface area contributed by atoms with Crippen LogP contribution < -0.4 is 11.2 Å². The van der Waals surface area contributed by atoms with Gasteiger partial charge in [-0.05, 0) is 12.0 Å². The van der Waals surface area contributed by atoms with Gasteiger partial charge in [-0.3, -0.25) is 0 Å². The molecule has 3 N–H and O–H groups in total. The SMILES string of the molecule is C.CONC(CN)Cc1ccccc1. The maximum Gasteiger partial charge on any atom is 0.0572 e. The summed E-state index contributed by atoms with van der Waals surface area (Å²) >= 11 is 0. The van der Waals surface area contributed by atoms with E-state index in [1.54, 1.807) is 7.11 Å². The molecule has 0 saturated carbocycles. The van der Waals surface area contributed by atoms with Crippen molar-refractivity contribution < 1.29 is 4.84 Å². The fraction of sp³-hybridized carbons (Fsp3) is 0.455. The summed E-state index contributed by atoms with van der Waals surface area (Å²) in [7, 11) is 1.60. The van der Waals surface area contributed by atoms with Crippen LogP contribution in [0.4, 0.5) is 0 Å². The molecule has 0 aliphatic rings. The van der Waals surface area contributed by atoms with E-state index in [-0.39, 0.29) is 13.5 Å². The van der Waals surface area contributed by atoms with Crippen molar-refractivity contribution in [2.75, 3.05) is 13.7 Å². The zero-order valence-corrected chi connectivity index (χ0v) is 7.86. The van der Waals surface area contributed by atoms with Gasteiger partial charge in [-0.15, -0.1) is 0 Å². The van der Waals surface area contributed by atoms with Crippen molar-refractivity contribution >= 4 is 0 Å². The highest BCUT2D eigenvalue weighted by atomic mass is 16.6. The van der Waals surface area contributed by atoms with Gasteiger partial charge in [0.1, 0.15) is 0 Å². The van der Waals surface area contributed by atoms with Gasteiger partial charge in [0, 0.05) is 12.6 Å². The zero-order valence-electron chi connectivity index (χ0n) is 7.86. The van der Waals surface area contributed by atoms with Crippen LogP contribution in [0.3, 0.4) is 0 Å². The Morgan fingerprint density at radius 1 is 1.36 bits per heavy atom. The second-order valence-electron chi connectivity index (χ2n) is 2.94. The summed E-state index contributed by atoms with van der Waals surface area (Å²) in [6.07, 6.45) is 0.894. The average Bonchev–Trinajstić information content (AvgIpc) is 2.19. The lowest BCUT2D eigenvalue weighted by Crippen LogP contribution is -2.37. The Morgan fingerprint density at radius 3 is 2.50 bits per heavy atom. The van der Waals surface area contributed by atoms with E-state index >= 15 is 0 Å². The fourth-order valence-corrected chi connectivity index (χ4v) is 1.24. The lowest BCUT2D eigenvalue weighted by molar-refractivity contribution is 0.0632. The summed E-state index contributed by atoms with van der Waals surface area (Å²) in [6, 6.07) is 10.4. The van der Waals surface area contributed by atoms with Crippen molar-refractivity contribution in [1.82, 2.24) is 5.48 Å². The molecule has 1 rings (SSSR count). The Morgan fingerprint density at radius 2 is 2.00 bits per heavy atom. The van der Waals surface area contributed by atoms with E-state index in [0.29, 0.717) is 6.54 Å². The predicted octanol–water partition coefficient (Wildman–Crippen LogP) is 1.34. The average molecular weight is 196 g/mol. The Balaban J connectivity index is 0.00000169. The Kier molecular flexibility index (Phi) is 7.02. The van der Waals surface area contributed by atoms with Gasteiger partial charge >= 0.3 is 0 Å². The standard InChI is InChI=1S/C10H16N2O.CH4/c1-13-12-10(8-11)7-9-5-3-2-4-6-9;/h2-6,10,12H,7-8,11H2,1H3;1H4. The Labute approximate surface area is 86.2 Å². The highest BCUT2D eigenvalue weighted by Gasteiger charge is 2.05. The summed E-state index contributed by atoms with van der Waals surface area (Å²) in [5.41, 5.74) is 9.69. The highest BCUT2D eigenvalue weighted by Crippen LogP contribution is 2.01. The van der Waals surface area contributed by atoms with Crippen LogP contribution in [-0.4, -0.2) is 19.7 Å². The summed E-state index contributed by atoms with van der Waals surface area (Å²) in [4.78, 5) is 4.84. The number of hydroxylamine groups is 1. The molecule has 0 fully saturated rings. The molecule has 0 amide bonds. The van der Waals surface area contributed by atoms with Crippen LogP contribution in [0.5, 0.6) is 0 Å². The smallest absolute Gasteiger partial charge is 0.0572 e. The first-order valence-electron chi connectivity index (χ1n) is 4.39. The quantitative estimate of drug-likeness (QED) is 0.699. The molecule has 0 saturated heterocycles. The molecule has 0 aromatic heterocycles. The summed E-state index contributed by atoms with van der Waals surface area (Å²) in [6.45, 7) is 0.572. The molecule has 0 radical (unpaired) electrons. The number of nitrogens with one attached hydrogen (secondary N) is 1.